The van der Waals surface area contributed by atoms with E-state index in [2.05, 4.69) is 10.1 Å². The molecule has 0 bridgehead atoms. The zero-order chi connectivity index (χ0) is 11.7. The third kappa shape index (κ3) is 2.34. The molecule has 94 valence electrons. The summed E-state index contributed by atoms with van der Waals surface area (Å²) in [5.74, 6) is 2.32. The molecule has 0 saturated carbocycles. The predicted molar refractivity (Wildman–Crippen MR) is 62.9 cm³/mol. The van der Waals surface area contributed by atoms with Gasteiger partial charge in [0.05, 0.1) is 23.9 Å². The monoisotopic (exact) mass is 256 g/mol. The summed E-state index contributed by atoms with van der Waals surface area (Å²) in [6.45, 7) is 1.08. The van der Waals surface area contributed by atoms with Crippen molar-refractivity contribution < 1.29 is 14.4 Å². The minimum absolute atomic E-state index is 0.156. The van der Waals surface area contributed by atoms with Gasteiger partial charge in [0.2, 0.25) is 5.89 Å². The van der Waals surface area contributed by atoms with Gasteiger partial charge in [-0.1, -0.05) is 5.16 Å². The number of hydrogen-bond donors (Lipinski definition) is 1. The number of ether oxygens (including phenoxy) is 1. The average molecular weight is 256 g/mol. The first kappa shape index (κ1) is 11.5. The Balaban J connectivity index is 1.74. The number of nitrogens with zero attached hydrogens (tertiary/aromatic N) is 2. The standard InChI is InChI=1S/C11H16N2O3S/c14-8-3-4-15-6-7(8)11-12-10(13-16-11)9-2-1-5-17-9/h7-9,14H,1-6H2. The second-order valence-electron chi connectivity index (χ2n) is 4.53. The van der Waals surface area contributed by atoms with Gasteiger partial charge in [0.15, 0.2) is 5.82 Å². The molecule has 2 aliphatic heterocycles. The lowest BCUT2D eigenvalue weighted by atomic mass is 9.99. The molecule has 6 heteroatoms. The third-order valence-electron chi connectivity index (χ3n) is 3.31. The molecule has 3 rings (SSSR count). The van der Waals surface area contributed by atoms with Gasteiger partial charge in [-0.05, 0) is 25.0 Å². The maximum absolute atomic E-state index is 9.88. The molecule has 0 aromatic carbocycles. The van der Waals surface area contributed by atoms with E-state index >= 15 is 0 Å². The van der Waals surface area contributed by atoms with E-state index in [4.69, 9.17) is 9.26 Å². The van der Waals surface area contributed by atoms with Crippen molar-refractivity contribution in [1.82, 2.24) is 10.1 Å². The van der Waals surface area contributed by atoms with Gasteiger partial charge < -0.3 is 14.4 Å². The fraction of sp³-hybridized carbons (Fsp3) is 0.818. The average Bonchev–Trinajstić information content (AvgIpc) is 3.00. The Bertz CT molecular complexity index is 379. The normalized spacial score (nSPS) is 34.1. The molecule has 3 heterocycles. The molecule has 2 saturated heterocycles. The quantitative estimate of drug-likeness (QED) is 0.865. The number of rotatable bonds is 2. The molecule has 3 atom stereocenters. The molecule has 2 fully saturated rings. The van der Waals surface area contributed by atoms with Crippen molar-refractivity contribution in [2.45, 2.75) is 36.5 Å². The molecule has 1 aromatic rings. The van der Waals surface area contributed by atoms with E-state index in [0.29, 0.717) is 30.8 Å². The van der Waals surface area contributed by atoms with Gasteiger partial charge in [0, 0.05) is 6.61 Å². The van der Waals surface area contributed by atoms with Crippen LogP contribution in [0, 0.1) is 0 Å². The highest BCUT2D eigenvalue weighted by Crippen LogP contribution is 2.39. The van der Waals surface area contributed by atoms with Gasteiger partial charge in [0.1, 0.15) is 0 Å². The van der Waals surface area contributed by atoms with E-state index < -0.39 is 6.10 Å². The Labute approximate surface area is 104 Å². The topological polar surface area (TPSA) is 68.4 Å². The van der Waals surface area contributed by atoms with Gasteiger partial charge >= 0.3 is 0 Å². The van der Waals surface area contributed by atoms with Crippen molar-refractivity contribution in [2.24, 2.45) is 0 Å². The van der Waals surface area contributed by atoms with Gasteiger partial charge in [-0.2, -0.15) is 16.7 Å². The first-order chi connectivity index (χ1) is 8.34. The van der Waals surface area contributed by atoms with Crippen LogP contribution in [0.5, 0.6) is 0 Å². The Hall–Kier alpha value is -0.590. The van der Waals surface area contributed by atoms with Crippen LogP contribution in [-0.2, 0) is 4.74 Å². The summed E-state index contributed by atoms with van der Waals surface area (Å²) in [6, 6.07) is 0. The summed E-state index contributed by atoms with van der Waals surface area (Å²) >= 11 is 1.88. The lowest BCUT2D eigenvalue weighted by molar-refractivity contribution is -0.0149. The lowest BCUT2D eigenvalue weighted by Gasteiger charge is -2.24. The van der Waals surface area contributed by atoms with E-state index in [-0.39, 0.29) is 5.92 Å². The van der Waals surface area contributed by atoms with Crippen LogP contribution in [-0.4, -0.2) is 40.3 Å². The van der Waals surface area contributed by atoms with Crippen molar-refractivity contribution in [3.63, 3.8) is 0 Å². The van der Waals surface area contributed by atoms with Crippen LogP contribution >= 0.6 is 11.8 Å². The molecule has 0 spiro atoms. The molecule has 1 N–H and O–H groups in total. The maximum atomic E-state index is 9.88. The van der Waals surface area contributed by atoms with Gasteiger partial charge in [-0.15, -0.1) is 0 Å². The number of thioether (sulfide) groups is 1. The summed E-state index contributed by atoms with van der Waals surface area (Å²) < 4.78 is 10.6. The summed E-state index contributed by atoms with van der Waals surface area (Å²) in [5, 5.41) is 14.3. The smallest absolute Gasteiger partial charge is 0.234 e. The van der Waals surface area contributed by atoms with E-state index in [1.54, 1.807) is 0 Å². The fourth-order valence-electron chi connectivity index (χ4n) is 2.27. The number of aromatic nitrogens is 2. The van der Waals surface area contributed by atoms with Crippen molar-refractivity contribution in [2.75, 3.05) is 19.0 Å². The summed E-state index contributed by atoms with van der Waals surface area (Å²) in [5.41, 5.74) is 0. The fourth-order valence-corrected chi connectivity index (χ4v) is 3.47. The Morgan fingerprint density at radius 2 is 2.29 bits per heavy atom. The van der Waals surface area contributed by atoms with Crippen LogP contribution < -0.4 is 0 Å². The molecule has 3 unspecified atom stereocenters. The summed E-state index contributed by atoms with van der Waals surface area (Å²) in [6.07, 6.45) is 2.55. The van der Waals surface area contributed by atoms with Crippen LogP contribution in [0.15, 0.2) is 4.52 Å². The first-order valence-electron chi connectivity index (χ1n) is 6.05. The Morgan fingerprint density at radius 1 is 1.35 bits per heavy atom. The molecule has 0 radical (unpaired) electrons. The SMILES string of the molecule is OC1CCOCC1c1nc(C2CCCS2)no1. The van der Waals surface area contributed by atoms with Crippen molar-refractivity contribution in [1.29, 1.82) is 0 Å². The minimum atomic E-state index is -0.423. The lowest BCUT2D eigenvalue weighted by Crippen LogP contribution is -2.30. The zero-order valence-electron chi connectivity index (χ0n) is 9.54. The van der Waals surface area contributed by atoms with Gasteiger partial charge in [0.25, 0.3) is 0 Å². The van der Waals surface area contributed by atoms with E-state index in [9.17, 15) is 5.11 Å². The van der Waals surface area contributed by atoms with Crippen LogP contribution in [0.4, 0.5) is 0 Å². The van der Waals surface area contributed by atoms with Gasteiger partial charge in [-0.3, -0.25) is 0 Å². The van der Waals surface area contributed by atoms with E-state index in [1.807, 2.05) is 11.8 Å². The number of aliphatic hydroxyl groups excluding tert-OH is 1. The molecule has 0 amide bonds. The summed E-state index contributed by atoms with van der Waals surface area (Å²) in [4.78, 5) is 4.43. The molecule has 0 aliphatic carbocycles. The maximum Gasteiger partial charge on any atom is 0.234 e. The van der Waals surface area contributed by atoms with E-state index in [1.165, 1.54) is 12.2 Å². The van der Waals surface area contributed by atoms with Crippen LogP contribution in [0.3, 0.4) is 0 Å². The molecule has 2 aliphatic rings. The number of aliphatic hydroxyl groups is 1. The minimum Gasteiger partial charge on any atom is -0.392 e. The van der Waals surface area contributed by atoms with Crippen molar-refractivity contribution in [3.05, 3.63) is 11.7 Å². The predicted octanol–water partition coefficient (Wildman–Crippen LogP) is 1.50. The second kappa shape index (κ2) is 4.96. The number of hydrogen-bond acceptors (Lipinski definition) is 6. The third-order valence-corrected chi connectivity index (χ3v) is 4.69. The highest BCUT2D eigenvalue weighted by atomic mass is 32.2. The van der Waals surface area contributed by atoms with Crippen LogP contribution in [0.1, 0.15) is 42.1 Å². The highest BCUT2D eigenvalue weighted by molar-refractivity contribution is 7.99. The molecular weight excluding hydrogens is 240 g/mol. The largest absolute Gasteiger partial charge is 0.392 e. The molecule has 1 aromatic heterocycles. The molecule has 5 nitrogen and oxygen atoms in total. The van der Waals surface area contributed by atoms with Gasteiger partial charge in [-0.25, -0.2) is 0 Å². The van der Waals surface area contributed by atoms with Crippen LogP contribution in [0.2, 0.25) is 0 Å². The van der Waals surface area contributed by atoms with Crippen LogP contribution in [0.25, 0.3) is 0 Å². The zero-order valence-corrected chi connectivity index (χ0v) is 10.4. The Kier molecular flexibility index (Phi) is 3.35. The molecule has 17 heavy (non-hydrogen) atoms. The highest BCUT2D eigenvalue weighted by Gasteiger charge is 2.32. The molecular formula is C11H16N2O3S. The Morgan fingerprint density at radius 3 is 3.06 bits per heavy atom. The van der Waals surface area contributed by atoms with Crippen molar-refractivity contribution >= 4 is 11.8 Å². The first-order valence-corrected chi connectivity index (χ1v) is 7.10. The second-order valence-corrected chi connectivity index (χ2v) is 5.84. The van der Waals surface area contributed by atoms with E-state index in [0.717, 1.165) is 12.2 Å². The summed E-state index contributed by atoms with van der Waals surface area (Å²) in [7, 11) is 0. The van der Waals surface area contributed by atoms with Crippen molar-refractivity contribution in [3.8, 4) is 0 Å².